The molecule has 0 saturated heterocycles. The Balaban J connectivity index is 1.71. The maximum absolute atomic E-state index is 3.71. The van der Waals surface area contributed by atoms with Crippen LogP contribution in [0.15, 0.2) is 71.2 Å². The van der Waals surface area contributed by atoms with E-state index in [2.05, 4.69) is 81.2 Å². The van der Waals surface area contributed by atoms with E-state index in [-0.39, 0.29) is 6.17 Å². The van der Waals surface area contributed by atoms with E-state index in [1.165, 1.54) is 16.3 Å². The minimum absolute atomic E-state index is 0.0284. The second kappa shape index (κ2) is 5.50. The molecule has 1 aliphatic heterocycles. The summed E-state index contributed by atoms with van der Waals surface area (Å²) in [4.78, 5) is 0. The van der Waals surface area contributed by atoms with Crippen LogP contribution in [0.1, 0.15) is 5.56 Å². The average molecular weight is 351 g/mol. The van der Waals surface area contributed by atoms with Crippen LogP contribution in [0.3, 0.4) is 0 Å². The highest BCUT2D eigenvalue weighted by Crippen LogP contribution is 2.36. The van der Waals surface area contributed by atoms with Crippen molar-refractivity contribution in [3.05, 3.63) is 76.8 Å². The first-order valence-electron chi connectivity index (χ1n) is 7.28. The first kappa shape index (κ1) is 13.4. The van der Waals surface area contributed by atoms with Crippen LogP contribution in [-0.2, 0) is 0 Å². The number of halogens is 1. The van der Waals surface area contributed by atoms with Crippen LogP contribution in [0.2, 0.25) is 0 Å². The van der Waals surface area contributed by atoms with Crippen LogP contribution in [0.25, 0.3) is 16.8 Å². The summed E-state index contributed by atoms with van der Waals surface area (Å²) in [6.07, 6.45) is 2.17. The number of benzene rings is 3. The van der Waals surface area contributed by atoms with Crippen LogP contribution < -0.4 is 10.6 Å². The Kier molecular flexibility index (Phi) is 3.35. The van der Waals surface area contributed by atoms with E-state index in [0.29, 0.717) is 0 Å². The van der Waals surface area contributed by atoms with Crippen LogP contribution in [-0.4, -0.2) is 6.17 Å². The lowest BCUT2D eigenvalue weighted by atomic mass is 10.0. The summed E-state index contributed by atoms with van der Waals surface area (Å²) in [6.45, 7) is 0. The number of rotatable bonds is 2. The van der Waals surface area contributed by atoms with Crippen molar-refractivity contribution in [2.24, 2.45) is 0 Å². The van der Waals surface area contributed by atoms with Gasteiger partial charge in [0.15, 0.2) is 0 Å². The van der Waals surface area contributed by atoms with Crippen molar-refractivity contribution in [1.82, 2.24) is 0 Å². The minimum Gasteiger partial charge on any atom is -0.361 e. The molecule has 0 unspecified atom stereocenters. The zero-order valence-electron chi connectivity index (χ0n) is 11.9. The Hall–Kier alpha value is -2.26. The average Bonchev–Trinajstić information content (AvgIpc) is 2.56. The fourth-order valence-corrected chi connectivity index (χ4v) is 3.35. The maximum Gasteiger partial charge on any atom is 0.130 e. The molecule has 0 aromatic heterocycles. The monoisotopic (exact) mass is 350 g/mol. The van der Waals surface area contributed by atoms with Crippen molar-refractivity contribution in [2.75, 3.05) is 10.6 Å². The second-order valence-corrected chi connectivity index (χ2v) is 6.29. The Labute approximate surface area is 138 Å². The fourth-order valence-electron chi connectivity index (χ4n) is 2.86. The molecule has 0 amide bonds. The van der Waals surface area contributed by atoms with Crippen molar-refractivity contribution in [3.8, 4) is 0 Å². The predicted molar refractivity (Wildman–Crippen MR) is 98.3 cm³/mol. The molecule has 2 nitrogen and oxygen atoms in total. The third kappa shape index (κ3) is 2.38. The summed E-state index contributed by atoms with van der Waals surface area (Å²) in [5, 5.41) is 9.61. The van der Waals surface area contributed by atoms with Gasteiger partial charge in [0.2, 0.25) is 0 Å². The molecule has 3 heteroatoms. The number of anilines is 2. The second-order valence-electron chi connectivity index (χ2n) is 5.37. The maximum atomic E-state index is 3.71. The smallest absolute Gasteiger partial charge is 0.130 e. The summed E-state index contributed by atoms with van der Waals surface area (Å²) >= 11 is 3.71. The molecule has 0 saturated carbocycles. The number of hydrogen-bond acceptors (Lipinski definition) is 2. The van der Waals surface area contributed by atoms with E-state index in [1.54, 1.807) is 0 Å². The molecule has 108 valence electrons. The van der Waals surface area contributed by atoms with E-state index in [4.69, 9.17) is 0 Å². The lowest BCUT2D eigenvalue weighted by molar-refractivity contribution is 1.00. The molecule has 1 aliphatic rings. The van der Waals surface area contributed by atoms with Crippen LogP contribution in [0.5, 0.6) is 0 Å². The Bertz CT molecular complexity index is 815. The number of nitrogens with one attached hydrogen (secondary N) is 2. The largest absolute Gasteiger partial charge is 0.361 e. The lowest BCUT2D eigenvalue weighted by Gasteiger charge is -2.29. The minimum atomic E-state index is 0.0284. The predicted octanol–water partition coefficient (Wildman–Crippen LogP) is 5.44. The molecule has 0 aliphatic carbocycles. The molecule has 2 N–H and O–H groups in total. The van der Waals surface area contributed by atoms with Crippen LogP contribution in [0.4, 0.5) is 11.4 Å². The fraction of sp³-hybridized carbons (Fsp3) is 0.0526. The lowest BCUT2D eigenvalue weighted by Crippen LogP contribution is -2.31. The normalized spacial score (nSPS) is 14.5. The molecule has 0 fully saturated rings. The van der Waals surface area contributed by atoms with Gasteiger partial charge in [0.25, 0.3) is 0 Å². The molecule has 0 atom stereocenters. The van der Waals surface area contributed by atoms with Crippen molar-refractivity contribution >= 4 is 44.2 Å². The van der Waals surface area contributed by atoms with E-state index >= 15 is 0 Å². The standard InChI is InChI=1S/C19H15BrN2/c20-15(12-13-6-2-1-3-7-13)19-21-16-10-4-8-14-9-5-11-17(22-19)18(14)16/h1-12,19,21-22H. The third-order valence-corrected chi connectivity index (χ3v) is 4.57. The summed E-state index contributed by atoms with van der Waals surface area (Å²) in [6, 6.07) is 23.0. The van der Waals surface area contributed by atoms with Crippen LogP contribution in [0, 0.1) is 0 Å². The van der Waals surface area contributed by atoms with E-state index in [9.17, 15) is 0 Å². The first-order chi connectivity index (χ1) is 10.8. The SMILES string of the molecule is BrC(=Cc1ccccc1)C1Nc2cccc3cccc(c23)N1. The number of hydrogen-bond donors (Lipinski definition) is 2. The highest BCUT2D eigenvalue weighted by atomic mass is 79.9. The first-order valence-corrected chi connectivity index (χ1v) is 8.07. The van der Waals surface area contributed by atoms with Gasteiger partial charge in [-0.1, -0.05) is 70.5 Å². The summed E-state index contributed by atoms with van der Waals surface area (Å²) < 4.78 is 1.07. The van der Waals surface area contributed by atoms with Gasteiger partial charge in [0.05, 0.1) is 0 Å². The van der Waals surface area contributed by atoms with Crippen molar-refractivity contribution < 1.29 is 0 Å². The molecule has 1 heterocycles. The Morgan fingerprint density at radius 2 is 1.45 bits per heavy atom. The van der Waals surface area contributed by atoms with Gasteiger partial charge in [-0.15, -0.1) is 0 Å². The third-order valence-electron chi connectivity index (χ3n) is 3.88. The van der Waals surface area contributed by atoms with Gasteiger partial charge in [-0.3, -0.25) is 0 Å². The molecule has 0 spiro atoms. The van der Waals surface area contributed by atoms with Crippen molar-refractivity contribution in [3.63, 3.8) is 0 Å². The van der Waals surface area contributed by atoms with Gasteiger partial charge in [-0.2, -0.15) is 0 Å². The van der Waals surface area contributed by atoms with E-state index in [0.717, 1.165) is 15.9 Å². The molecule has 0 radical (unpaired) electrons. The van der Waals surface area contributed by atoms with Crippen molar-refractivity contribution in [1.29, 1.82) is 0 Å². The molecular weight excluding hydrogens is 336 g/mol. The van der Waals surface area contributed by atoms with Crippen LogP contribution >= 0.6 is 15.9 Å². The van der Waals surface area contributed by atoms with Crippen molar-refractivity contribution in [2.45, 2.75) is 6.17 Å². The summed E-state index contributed by atoms with van der Waals surface area (Å²) in [7, 11) is 0. The highest BCUT2D eigenvalue weighted by molar-refractivity contribution is 9.11. The molecule has 3 aromatic rings. The zero-order chi connectivity index (χ0) is 14.9. The van der Waals surface area contributed by atoms with Gasteiger partial charge >= 0.3 is 0 Å². The van der Waals surface area contributed by atoms with E-state index < -0.39 is 0 Å². The summed E-state index contributed by atoms with van der Waals surface area (Å²) in [5.74, 6) is 0. The molecule has 4 rings (SSSR count). The quantitative estimate of drug-likeness (QED) is 0.642. The van der Waals surface area contributed by atoms with Gasteiger partial charge in [0.1, 0.15) is 6.17 Å². The van der Waals surface area contributed by atoms with Gasteiger partial charge in [-0.25, -0.2) is 0 Å². The zero-order valence-corrected chi connectivity index (χ0v) is 13.5. The van der Waals surface area contributed by atoms with E-state index in [1.807, 2.05) is 18.2 Å². The van der Waals surface area contributed by atoms with Gasteiger partial charge in [0, 0.05) is 21.2 Å². The Morgan fingerprint density at radius 1 is 0.818 bits per heavy atom. The molecule has 22 heavy (non-hydrogen) atoms. The summed E-state index contributed by atoms with van der Waals surface area (Å²) in [5.41, 5.74) is 3.50. The highest BCUT2D eigenvalue weighted by Gasteiger charge is 2.20. The molecule has 0 bridgehead atoms. The van der Waals surface area contributed by atoms with Gasteiger partial charge < -0.3 is 10.6 Å². The molecular formula is C19H15BrN2. The van der Waals surface area contributed by atoms with Gasteiger partial charge in [-0.05, 0) is 29.2 Å². The molecule has 3 aromatic carbocycles. The topological polar surface area (TPSA) is 24.1 Å². The Morgan fingerprint density at radius 3 is 2.09 bits per heavy atom.